The third-order valence-corrected chi connectivity index (χ3v) is 4.01. The third-order valence-electron chi connectivity index (χ3n) is 4.01. The van der Waals surface area contributed by atoms with Gasteiger partial charge in [0.25, 0.3) is 0 Å². The standard InChI is InChI=1S/C13H26O2.CH2O3/c1-8(2)11-6-5-9(3)7-12(11)13(15)10(4)14;2-1(3)4/h8-15H,5-7H2,1-4H3;(H2,2,3,4). The lowest BCUT2D eigenvalue weighted by Crippen LogP contribution is -2.41. The van der Waals surface area contributed by atoms with Crippen molar-refractivity contribution in [2.75, 3.05) is 0 Å². The molecule has 0 aromatic carbocycles. The molecule has 1 aliphatic rings. The van der Waals surface area contributed by atoms with Gasteiger partial charge in [0.05, 0.1) is 12.2 Å². The van der Waals surface area contributed by atoms with Crippen molar-refractivity contribution in [3.05, 3.63) is 0 Å². The second-order valence-corrected chi connectivity index (χ2v) is 6.00. The summed E-state index contributed by atoms with van der Waals surface area (Å²) in [5, 5.41) is 33.5. The first-order chi connectivity index (χ1) is 8.66. The summed E-state index contributed by atoms with van der Waals surface area (Å²) in [6.07, 6.45) is 0.565. The van der Waals surface area contributed by atoms with E-state index in [0.29, 0.717) is 17.8 Å². The number of aliphatic hydroxyl groups is 2. The molecule has 19 heavy (non-hydrogen) atoms. The highest BCUT2D eigenvalue weighted by molar-refractivity contribution is 5.53. The van der Waals surface area contributed by atoms with Crippen LogP contribution in [0.5, 0.6) is 0 Å². The van der Waals surface area contributed by atoms with Gasteiger partial charge in [-0.2, -0.15) is 0 Å². The van der Waals surface area contributed by atoms with Crippen LogP contribution < -0.4 is 0 Å². The molecule has 114 valence electrons. The smallest absolute Gasteiger partial charge is 0.450 e. The fraction of sp³-hybridized carbons (Fsp3) is 0.929. The molecule has 1 saturated carbocycles. The van der Waals surface area contributed by atoms with E-state index in [2.05, 4.69) is 20.8 Å². The summed E-state index contributed by atoms with van der Waals surface area (Å²) in [6.45, 7) is 8.39. The fourth-order valence-electron chi connectivity index (χ4n) is 3.03. The van der Waals surface area contributed by atoms with Gasteiger partial charge in [-0.05, 0) is 43.4 Å². The molecule has 1 aliphatic carbocycles. The zero-order valence-electron chi connectivity index (χ0n) is 12.3. The molecular formula is C14H28O5. The summed E-state index contributed by atoms with van der Waals surface area (Å²) in [7, 11) is 0. The molecule has 0 bridgehead atoms. The van der Waals surface area contributed by atoms with Crippen LogP contribution >= 0.6 is 0 Å². The molecule has 0 aromatic rings. The molecule has 0 aromatic heterocycles. The molecule has 0 aliphatic heterocycles. The average Bonchev–Trinajstić information content (AvgIpc) is 2.26. The van der Waals surface area contributed by atoms with E-state index in [9.17, 15) is 10.2 Å². The van der Waals surface area contributed by atoms with Gasteiger partial charge in [0, 0.05) is 0 Å². The van der Waals surface area contributed by atoms with Gasteiger partial charge in [0.2, 0.25) is 0 Å². The first-order valence-electron chi connectivity index (χ1n) is 6.94. The third kappa shape index (κ3) is 6.78. The van der Waals surface area contributed by atoms with Crippen LogP contribution in [0.2, 0.25) is 0 Å². The highest BCUT2D eigenvalue weighted by Crippen LogP contribution is 2.40. The minimum Gasteiger partial charge on any atom is -0.450 e. The maximum absolute atomic E-state index is 10.0. The van der Waals surface area contributed by atoms with Gasteiger partial charge in [-0.25, -0.2) is 4.79 Å². The second-order valence-electron chi connectivity index (χ2n) is 6.00. The Morgan fingerprint density at radius 1 is 1.05 bits per heavy atom. The lowest BCUT2D eigenvalue weighted by Gasteiger charge is -2.40. The van der Waals surface area contributed by atoms with Gasteiger partial charge < -0.3 is 20.4 Å². The maximum atomic E-state index is 10.0. The van der Waals surface area contributed by atoms with Crippen LogP contribution in [0.3, 0.4) is 0 Å². The predicted molar refractivity (Wildman–Crippen MR) is 73.2 cm³/mol. The van der Waals surface area contributed by atoms with Crippen LogP contribution in [-0.4, -0.2) is 38.8 Å². The van der Waals surface area contributed by atoms with Crippen LogP contribution in [0.15, 0.2) is 0 Å². The van der Waals surface area contributed by atoms with Crippen molar-refractivity contribution in [2.24, 2.45) is 23.7 Å². The number of aliphatic hydroxyl groups excluding tert-OH is 2. The summed E-state index contributed by atoms with van der Waals surface area (Å²) in [5.41, 5.74) is 0. The number of hydrogen-bond acceptors (Lipinski definition) is 3. The summed E-state index contributed by atoms with van der Waals surface area (Å²) >= 11 is 0. The van der Waals surface area contributed by atoms with Crippen molar-refractivity contribution in [3.8, 4) is 0 Å². The van der Waals surface area contributed by atoms with E-state index >= 15 is 0 Å². The zero-order valence-corrected chi connectivity index (χ0v) is 12.3. The molecule has 0 saturated heterocycles. The summed E-state index contributed by atoms with van der Waals surface area (Å²) in [5.74, 6) is 2.16. The molecule has 1 rings (SSSR count). The zero-order chi connectivity index (χ0) is 15.2. The Kier molecular flexibility index (Phi) is 8.02. The van der Waals surface area contributed by atoms with Gasteiger partial charge >= 0.3 is 6.16 Å². The van der Waals surface area contributed by atoms with Crippen LogP contribution in [0, 0.1) is 23.7 Å². The number of rotatable bonds is 3. The molecule has 4 N–H and O–H groups in total. The maximum Gasteiger partial charge on any atom is 0.503 e. The van der Waals surface area contributed by atoms with Crippen molar-refractivity contribution in [1.29, 1.82) is 0 Å². The highest BCUT2D eigenvalue weighted by atomic mass is 16.6. The van der Waals surface area contributed by atoms with Gasteiger partial charge in [-0.3, -0.25) is 0 Å². The van der Waals surface area contributed by atoms with Gasteiger partial charge in [-0.1, -0.05) is 27.2 Å². The lowest BCUT2D eigenvalue weighted by atomic mass is 9.67. The van der Waals surface area contributed by atoms with Gasteiger partial charge in [-0.15, -0.1) is 0 Å². The molecule has 5 nitrogen and oxygen atoms in total. The molecule has 0 heterocycles. The SMILES string of the molecule is CC1CCC(C(C)C)C(C(O)C(C)O)C1.O=C(O)O. The van der Waals surface area contributed by atoms with Gasteiger partial charge in [0.1, 0.15) is 0 Å². The average molecular weight is 276 g/mol. The minimum absolute atomic E-state index is 0.286. The van der Waals surface area contributed by atoms with Crippen LogP contribution in [0.1, 0.15) is 47.0 Å². The monoisotopic (exact) mass is 276 g/mol. The number of hydrogen-bond donors (Lipinski definition) is 4. The first kappa shape index (κ1) is 18.2. The quantitative estimate of drug-likeness (QED) is 0.635. The highest BCUT2D eigenvalue weighted by Gasteiger charge is 2.36. The Hall–Kier alpha value is -0.810. The topological polar surface area (TPSA) is 98.0 Å². The second kappa shape index (κ2) is 8.38. The Morgan fingerprint density at radius 2 is 1.53 bits per heavy atom. The van der Waals surface area contributed by atoms with Gasteiger partial charge in [0.15, 0.2) is 0 Å². The van der Waals surface area contributed by atoms with Crippen molar-refractivity contribution in [3.63, 3.8) is 0 Å². The van der Waals surface area contributed by atoms with E-state index in [4.69, 9.17) is 15.0 Å². The van der Waals surface area contributed by atoms with E-state index in [1.54, 1.807) is 6.92 Å². The van der Waals surface area contributed by atoms with Crippen LogP contribution in [0.25, 0.3) is 0 Å². The van der Waals surface area contributed by atoms with Crippen molar-refractivity contribution >= 4 is 6.16 Å². The van der Waals surface area contributed by atoms with Crippen LogP contribution in [0.4, 0.5) is 4.79 Å². The molecule has 5 atom stereocenters. The molecular weight excluding hydrogens is 248 g/mol. The van der Waals surface area contributed by atoms with Crippen LogP contribution in [-0.2, 0) is 0 Å². The predicted octanol–water partition coefficient (Wildman–Crippen LogP) is 2.66. The molecule has 5 unspecified atom stereocenters. The molecule has 0 amide bonds. The summed E-state index contributed by atoms with van der Waals surface area (Å²) in [6, 6.07) is 0. The summed E-state index contributed by atoms with van der Waals surface area (Å²) in [4.78, 5) is 8.56. The van der Waals surface area contributed by atoms with E-state index in [-0.39, 0.29) is 5.92 Å². The molecule has 1 fully saturated rings. The Balaban J connectivity index is 0.000000711. The first-order valence-corrected chi connectivity index (χ1v) is 6.94. The van der Waals surface area contributed by atoms with Crippen molar-refractivity contribution < 1.29 is 25.2 Å². The molecule has 5 heteroatoms. The molecule has 0 radical (unpaired) electrons. The number of carboxylic acid groups (broad SMARTS) is 2. The van der Waals surface area contributed by atoms with E-state index in [1.807, 2.05) is 0 Å². The minimum atomic E-state index is -1.83. The van der Waals surface area contributed by atoms with E-state index < -0.39 is 18.4 Å². The summed E-state index contributed by atoms with van der Waals surface area (Å²) < 4.78 is 0. The number of carbonyl (C=O) groups is 1. The van der Waals surface area contributed by atoms with Crippen molar-refractivity contribution in [1.82, 2.24) is 0 Å². The Bertz CT molecular complexity index is 261. The van der Waals surface area contributed by atoms with Crippen molar-refractivity contribution in [2.45, 2.75) is 59.2 Å². The molecule has 0 spiro atoms. The van der Waals surface area contributed by atoms with E-state index in [0.717, 1.165) is 6.42 Å². The Labute approximate surface area is 115 Å². The normalized spacial score (nSPS) is 30.2. The van der Waals surface area contributed by atoms with E-state index in [1.165, 1.54) is 12.8 Å². The lowest BCUT2D eigenvalue weighted by molar-refractivity contribution is -0.0525. The largest absolute Gasteiger partial charge is 0.503 e. The fourth-order valence-corrected chi connectivity index (χ4v) is 3.03. The Morgan fingerprint density at radius 3 is 1.89 bits per heavy atom.